The van der Waals surface area contributed by atoms with Crippen molar-refractivity contribution in [2.45, 2.75) is 0 Å². The van der Waals surface area contributed by atoms with Gasteiger partial charge in [0.1, 0.15) is 11.5 Å². The van der Waals surface area contributed by atoms with E-state index in [1.807, 2.05) is 0 Å². The molecule has 0 fully saturated rings. The van der Waals surface area contributed by atoms with E-state index in [1.165, 1.54) is 0 Å². The van der Waals surface area contributed by atoms with Crippen molar-refractivity contribution in [2.24, 2.45) is 0 Å². The second-order valence-corrected chi connectivity index (χ2v) is 6.96. The van der Waals surface area contributed by atoms with Gasteiger partial charge in [0, 0.05) is 28.6 Å². The molecule has 2 aromatic carbocycles. The second-order valence-electron chi connectivity index (χ2n) is 6.11. The maximum absolute atomic E-state index is 12.6. The minimum Gasteiger partial charge on any atom is -0.497 e. The fourth-order valence-electron chi connectivity index (χ4n) is 2.62. The van der Waals surface area contributed by atoms with Crippen molar-refractivity contribution in [3.63, 3.8) is 0 Å². The van der Waals surface area contributed by atoms with Gasteiger partial charge in [0.25, 0.3) is 5.91 Å². The first-order chi connectivity index (χ1) is 14.6. The lowest BCUT2D eigenvalue weighted by molar-refractivity contribution is 0.102. The summed E-state index contributed by atoms with van der Waals surface area (Å²) < 4.78 is 13.2. The van der Waals surface area contributed by atoms with Crippen molar-refractivity contribution in [3.8, 4) is 23.2 Å². The SMILES string of the molecule is COc1ccc(Br)c(C(=O)Nc2ccc(Oc3ccc(-n4cccn4)nn3)cc2)c1. The second kappa shape index (κ2) is 8.75. The van der Waals surface area contributed by atoms with Crippen molar-refractivity contribution in [3.05, 3.63) is 83.1 Å². The molecular weight excluding hydrogens is 450 g/mol. The molecule has 1 amide bonds. The first-order valence-corrected chi connectivity index (χ1v) is 9.68. The standard InChI is InChI=1S/C21H16BrN5O3/c1-29-16-7-8-18(22)17(13-16)21(28)24-14-3-5-15(6-4-14)30-20-10-9-19(25-26-20)27-12-2-11-23-27/h2-13H,1H3,(H,24,28). The number of hydrogen-bond donors (Lipinski definition) is 1. The molecule has 0 saturated heterocycles. The van der Waals surface area contributed by atoms with E-state index in [9.17, 15) is 4.79 Å². The minimum atomic E-state index is -0.255. The number of nitrogens with zero attached hydrogens (tertiary/aromatic N) is 4. The van der Waals surface area contributed by atoms with E-state index >= 15 is 0 Å². The first kappa shape index (κ1) is 19.6. The molecule has 0 bridgehead atoms. The summed E-state index contributed by atoms with van der Waals surface area (Å²) in [6.07, 6.45) is 3.45. The largest absolute Gasteiger partial charge is 0.497 e. The number of benzene rings is 2. The van der Waals surface area contributed by atoms with Crippen molar-refractivity contribution >= 4 is 27.5 Å². The van der Waals surface area contributed by atoms with E-state index < -0.39 is 0 Å². The fraction of sp³-hybridized carbons (Fsp3) is 0.0476. The smallest absolute Gasteiger partial charge is 0.256 e. The lowest BCUT2D eigenvalue weighted by Gasteiger charge is -2.10. The van der Waals surface area contributed by atoms with Crippen LogP contribution >= 0.6 is 15.9 Å². The molecule has 1 N–H and O–H groups in total. The molecule has 2 heterocycles. The summed E-state index contributed by atoms with van der Waals surface area (Å²) in [7, 11) is 1.55. The van der Waals surface area contributed by atoms with Crippen LogP contribution in [0, 0.1) is 0 Å². The zero-order valence-electron chi connectivity index (χ0n) is 15.8. The summed E-state index contributed by atoms with van der Waals surface area (Å²) in [5.41, 5.74) is 1.10. The average Bonchev–Trinajstić information content (AvgIpc) is 3.31. The molecular formula is C21H16BrN5O3. The number of nitrogens with one attached hydrogen (secondary N) is 1. The van der Waals surface area contributed by atoms with Gasteiger partial charge in [-0.1, -0.05) is 0 Å². The molecule has 150 valence electrons. The van der Waals surface area contributed by atoms with Gasteiger partial charge in [-0.2, -0.15) is 5.10 Å². The number of carbonyl (C=O) groups excluding carboxylic acids is 1. The lowest BCUT2D eigenvalue weighted by Crippen LogP contribution is -2.12. The average molecular weight is 466 g/mol. The summed E-state index contributed by atoms with van der Waals surface area (Å²) in [5.74, 6) is 1.86. The minimum absolute atomic E-state index is 0.255. The Bertz CT molecular complexity index is 1150. The van der Waals surface area contributed by atoms with Gasteiger partial charge in [0.15, 0.2) is 5.82 Å². The van der Waals surface area contributed by atoms with E-state index in [1.54, 1.807) is 84.8 Å². The van der Waals surface area contributed by atoms with Gasteiger partial charge in [-0.3, -0.25) is 4.79 Å². The highest BCUT2D eigenvalue weighted by atomic mass is 79.9. The zero-order chi connectivity index (χ0) is 20.9. The van der Waals surface area contributed by atoms with Crippen molar-refractivity contribution in [1.29, 1.82) is 0 Å². The number of carbonyl (C=O) groups is 1. The van der Waals surface area contributed by atoms with Gasteiger partial charge in [-0.25, -0.2) is 4.68 Å². The number of methoxy groups -OCH3 is 1. The molecule has 0 saturated carbocycles. The molecule has 0 aliphatic heterocycles. The van der Waals surface area contributed by atoms with E-state index in [0.29, 0.717) is 38.9 Å². The third-order valence-electron chi connectivity index (χ3n) is 4.12. The number of hydrogen-bond acceptors (Lipinski definition) is 6. The molecule has 30 heavy (non-hydrogen) atoms. The topological polar surface area (TPSA) is 91.2 Å². The third-order valence-corrected chi connectivity index (χ3v) is 4.81. The number of aromatic nitrogens is 4. The van der Waals surface area contributed by atoms with Crippen LogP contribution in [0.3, 0.4) is 0 Å². The number of anilines is 1. The van der Waals surface area contributed by atoms with Crippen LogP contribution in [0.1, 0.15) is 10.4 Å². The van der Waals surface area contributed by atoms with Crippen LogP contribution in [-0.4, -0.2) is 33.0 Å². The zero-order valence-corrected chi connectivity index (χ0v) is 17.4. The number of amides is 1. The fourth-order valence-corrected chi connectivity index (χ4v) is 3.05. The maximum Gasteiger partial charge on any atom is 0.256 e. The molecule has 4 aromatic rings. The summed E-state index contributed by atoms with van der Waals surface area (Å²) >= 11 is 3.39. The molecule has 4 rings (SSSR count). The highest BCUT2D eigenvalue weighted by Gasteiger charge is 2.12. The molecule has 0 unspecified atom stereocenters. The van der Waals surface area contributed by atoms with Crippen LogP contribution in [0.5, 0.6) is 17.4 Å². The maximum atomic E-state index is 12.6. The molecule has 8 nitrogen and oxygen atoms in total. The van der Waals surface area contributed by atoms with E-state index in [2.05, 4.69) is 36.5 Å². The quantitative estimate of drug-likeness (QED) is 0.451. The Morgan fingerprint density at radius 2 is 1.83 bits per heavy atom. The van der Waals surface area contributed by atoms with Gasteiger partial charge in [-0.05, 0) is 70.5 Å². The number of halogens is 1. The Kier molecular flexibility index (Phi) is 5.71. The third kappa shape index (κ3) is 4.47. The van der Waals surface area contributed by atoms with Crippen LogP contribution in [0.4, 0.5) is 5.69 Å². The molecule has 0 aliphatic carbocycles. The summed E-state index contributed by atoms with van der Waals surface area (Å²) in [6, 6.07) is 17.4. The van der Waals surface area contributed by atoms with Gasteiger partial charge in [-0.15, -0.1) is 10.2 Å². The van der Waals surface area contributed by atoms with Gasteiger partial charge in [0.05, 0.1) is 12.7 Å². The summed E-state index contributed by atoms with van der Waals surface area (Å²) in [6.45, 7) is 0. The summed E-state index contributed by atoms with van der Waals surface area (Å²) in [4.78, 5) is 12.6. The van der Waals surface area contributed by atoms with E-state index in [-0.39, 0.29) is 5.91 Å². The predicted octanol–water partition coefficient (Wildman–Crippen LogP) is 4.48. The highest BCUT2D eigenvalue weighted by Crippen LogP contribution is 2.25. The molecule has 0 aliphatic rings. The van der Waals surface area contributed by atoms with Crippen molar-refractivity contribution < 1.29 is 14.3 Å². The Morgan fingerprint density at radius 1 is 1.03 bits per heavy atom. The van der Waals surface area contributed by atoms with Crippen LogP contribution in [0.2, 0.25) is 0 Å². The van der Waals surface area contributed by atoms with Gasteiger partial charge >= 0.3 is 0 Å². The molecule has 9 heteroatoms. The molecule has 0 radical (unpaired) electrons. The molecule has 2 aromatic heterocycles. The van der Waals surface area contributed by atoms with Crippen LogP contribution in [-0.2, 0) is 0 Å². The molecule has 0 spiro atoms. The lowest BCUT2D eigenvalue weighted by atomic mass is 10.2. The van der Waals surface area contributed by atoms with E-state index in [0.717, 1.165) is 0 Å². The summed E-state index contributed by atoms with van der Waals surface area (Å²) in [5, 5.41) is 15.1. The Balaban J connectivity index is 1.41. The normalized spacial score (nSPS) is 10.5. The van der Waals surface area contributed by atoms with Crippen LogP contribution in [0.25, 0.3) is 5.82 Å². The monoisotopic (exact) mass is 465 g/mol. The van der Waals surface area contributed by atoms with Crippen molar-refractivity contribution in [2.75, 3.05) is 12.4 Å². The van der Waals surface area contributed by atoms with Crippen LogP contribution < -0.4 is 14.8 Å². The predicted molar refractivity (Wildman–Crippen MR) is 114 cm³/mol. The molecule has 0 atom stereocenters. The van der Waals surface area contributed by atoms with Crippen molar-refractivity contribution in [1.82, 2.24) is 20.0 Å². The highest BCUT2D eigenvalue weighted by molar-refractivity contribution is 9.10. The van der Waals surface area contributed by atoms with Crippen LogP contribution in [0.15, 0.2) is 77.5 Å². The number of ether oxygens (including phenoxy) is 2. The Hall–Kier alpha value is -3.72. The van der Waals surface area contributed by atoms with Gasteiger partial charge < -0.3 is 14.8 Å². The number of rotatable bonds is 6. The Labute approximate surface area is 180 Å². The van der Waals surface area contributed by atoms with Gasteiger partial charge in [0.2, 0.25) is 5.88 Å². The Morgan fingerprint density at radius 3 is 2.50 bits per heavy atom. The van der Waals surface area contributed by atoms with E-state index in [4.69, 9.17) is 9.47 Å². The first-order valence-electron chi connectivity index (χ1n) is 8.89.